The SMILES string of the molecule is c1ccc(N(c2ccccc2)c2ccc(-c3cc4scnc4c4c3ccc3c5ccccc5n(-c5ccccc5)c34)cc2)cc1.c1ccc2c(c1)oc1cc(-c3cc4ncsc4c4c3ccc3c5ccccc5sc34)ccc12. The van der Waals surface area contributed by atoms with Crippen molar-refractivity contribution in [3.05, 3.63) is 254 Å². The van der Waals surface area contributed by atoms with Crippen LogP contribution >= 0.6 is 34.0 Å². The molecular weight excluding hydrogens is 1010 g/mol. The molecule has 0 saturated heterocycles. The second-order valence-corrected chi connectivity index (χ2v) is 22.4. The molecule has 0 bridgehead atoms. The van der Waals surface area contributed by atoms with Gasteiger partial charge in [-0.2, -0.15) is 0 Å². The van der Waals surface area contributed by atoms with Gasteiger partial charge in [0.05, 0.1) is 42.5 Å². The lowest BCUT2D eigenvalue weighted by Crippen LogP contribution is -2.09. The first kappa shape index (κ1) is 44.8. The quantitative estimate of drug-likeness (QED) is 0.166. The molecule has 8 heteroatoms. The van der Waals surface area contributed by atoms with Gasteiger partial charge < -0.3 is 13.9 Å². The van der Waals surface area contributed by atoms with E-state index >= 15 is 0 Å². The summed E-state index contributed by atoms with van der Waals surface area (Å²) in [6.45, 7) is 0. The molecule has 0 atom stereocenters. The summed E-state index contributed by atoms with van der Waals surface area (Å²) in [6.07, 6.45) is 0. The van der Waals surface area contributed by atoms with Crippen LogP contribution in [0, 0.1) is 0 Å². The van der Waals surface area contributed by atoms with Crippen molar-refractivity contribution in [1.29, 1.82) is 0 Å². The molecular formula is C70H42N4OS3. The van der Waals surface area contributed by atoms with Crippen LogP contribution < -0.4 is 4.90 Å². The Labute approximate surface area is 459 Å². The summed E-state index contributed by atoms with van der Waals surface area (Å²) < 4.78 is 13.7. The van der Waals surface area contributed by atoms with Crippen molar-refractivity contribution in [3.8, 4) is 27.9 Å². The van der Waals surface area contributed by atoms with E-state index < -0.39 is 0 Å². The minimum Gasteiger partial charge on any atom is -0.456 e. The zero-order valence-corrected chi connectivity index (χ0v) is 44.1. The highest BCUT2D eigenvalue weighted by molar-refractivity contribution is 7.27. The molecule has 5 heterocycles. The smallest absolute Gasteiger partial charge is 0.136 e. The van der Waals surface area contributed by atoms with E-state index in [1.807, 2.05) is 34.5 Å². The van der Waals surface area contributed by atoms with Gasteiger partial charge in [0, 0.05) is 75.2 Å². The molecule has 0 aliphatic heterocycles. The number of thiophene rings is 1. The molecule has 0 fully saturated rings. The zero-order valence-electron chi connectivity index (χ0n) is 41.7. The number of anilines is 3. The van der Waals surface area contributed by atoms with E-state index in [0.717, 1.165) is 61.3 Å². The molecule has 0 N–H and O–H groups in total. The zero-order chi connectivity index (χ0) is 51.3. The minimum atomic E-state index is 0.920. The van der Waals surface area contributed by atoms with Crippen molar-refractivity contribution >= 4 is 157 Å². The van der Waals surface area contributed by atoms with Crippen LogP contribution in [0.15, 0.2) is 258 Å². The molecule has 0 aliphatic rings. The van der Waals surface area contributed by atoms with Crippen LogP contribution in [0.5, 0.6) is 0 Å². The monoisotopic (exact) mass is 1050 g/mol. The number of nitrogens with zero attached hydrogens (tertiary/aromatic N) is 4. The summed E-state index contributed by atoms with van der Waals surface area (Å²) in [6, 6.07) is 86.7. The highest BCUT2D eigenvalue weighted by atomic mass is 32.1. The highest BCUT2D eigenvalue weighted by Gasteiger charge is 2.22. The Morgan fingerprint density at radius 3 is 1.77 bits per heavy atom. The van der Waals surface area contributed by atoms with Gasteiger partial charge in [0.25, 0.3) is 0 Å². The maximum Gasteiger partial charge on any atom is 0.136 e. The Bertz CT molecular complexity index is 5110. The first-order valence-electron chi connectivity index (χ1n) is 26.0. The molecule has 0 saturated carbocycles. The Morgan fingerprint density at radius 2 is 0.974 bits per heavy atom. The van der Waals surface area contributed by atoms with Crippen LogP contribution in [0.2, 0.25) is 0 Å². The molecule has 0 unspecified atom stereocenters. The Kier molecular flexibility index (Phi) is 10.4. The van der Waals surface area contributed by atoms with Crippen molar-refractivity contribution in [2.45, 2.75) is 0 Å². The van der Waals surface area contributed by atoms with Crippen LogP contribution in [0.4, 0.5) is 17.1 Å². The van der Waals surface area contributed by atoms with E-state index in [-0.39, 0.29) is 0 Å². The van der Waals surface area contributed by atoms with Crippen LogP contribution in [0.25, 0.3) is 134 Å². The standard InChI is InChI=1S/C41H27N3S.C29H15NOS2/c1-4-12-29(13-5-1)43(30-14-6-2-7-15-30)32-22-20-28(21-23-32)36-26-38-40(42-27-45-38)39-34(36)24-25-35-33-18-10-11-19-37(33)44(41(35)39)31-16-8-3-9-17-31;1-3-7-24-17(5-1)18-10-9-16(13-25(18)31-24)22-14-23-29(32-15-30-23)27-20(22)11-12-21-19-6-2-4-8-26(19)33-28(21)27/h1-27H;1-15H. The molecule has 5 nitrogen and oxygen atoms in total. The fourth-order valence-corrected chi connectivity index (χ4v) is 14.8. The normalized spacial score (nSPS) is 11.8. The minimum absolute atomic E-state index is 0.920. The molecule has 17 rings (SSSR count). The van der Waals surface area contributed by atoms with Crippen LogP contribution in [-0.2, 0) is 0 Å². The van der Waals surface area contributed by atoms with Gasteiger partial charge in [-0.05, 0) is 124 Å². The maximum absolute atomic E-state index is 6.20. The van der Waals surface area contributed by atoms with Crippen LogP contribution in [0.3, 0.4) is 0 Å². The van der Waals surface area contributed by atoms with Gasteiger partial charge in [-0.1, -0.05) is 152 Å². The van der Waals surface area contributed by atoms with Gasteiger partial charge >= 0.3 is 0 Å². The van der Waals surface area contributed by atoms with Gasteiger partial charge in [-0.3, -0.25) is 0 Å². The lowest BCUT2D eigenvalue weighted by atomic mass is 9.95. The molecule has 78 heavy (non-hydrogen) atoms. The second kappa shape index (κ2) is 18.1. The highest BCUT2D eigenvalue weighted by Crippen LogP contribution is 2.47. The van der Waals surface area contributed by atoms with Gasteiger partial charge in [0.2, 0.25) is 0 Å². The van der Waals surface area contributed by atoms with E-state index in [4.69, 9.17) is 14.4 Å². The first-order chi connectivity index (χ1) is 38.7. The first-order valence-corrected chi connectivity index (χ1v) is 28.6. The lowest BCUT2D eigenvalue weighted by Gasteiger charge is -2.25. The van der Waals surface area contributed by atoms with Crippen molar-refractivity contribution < 1.29 is 4.42 Å². The fourth-order valence-electron chi connectivity index (χ4n) is 11.9. The van der Waals surface area contributed by atoms with Gasteiger partial charge in [-0.15, -0.1) is 34.0 Å². The van der Waals surface area contributed by atoms with Crippen LogP contribution in [-0.4, -0.2) is 14.5 Å². The number of fused-ring (bicyclic) bond motifs is 17. The number of benzene rings is 12. The number of thiazole rings is 2. The molecule has 0 amide bonds. The number of hydrogen-bond acceptors (Lipinski definition) is 7. The number of para-hydroxylation sites is 5. The number of rotatable bonds is 6. The van der Waals surface area contributed by atoms with Gasteiger partial charge in [0.15, 0.2) is 0 Å². The van der Waals surface area contributed by atoms with Crippen molar-refractivity contribution in [2.24, 2.45) is 0 Å². The fraction of sp³-hybridized carbons (Fsp3) is 0. The van der Waals surface area contributed by atoms with Crippen molar-refractivity contribution in [2.75, 3.05) is 4.90 Å². The summed E-state index contributed by atoms with van der Waals surface area (Å²) in [4.78, 5) is 12.0. The second-order valence-electron chi connectivity index (χ2n) is 19.6. The van der Waals surface area contributed by atoms with E-state index in [9.17, 15) is 0 Å². The third-order valence-electron chi connectivity index (χ3n) is 15.3. The van der Waals surface area contributed by atoms with Crippen molar-refractivity contribution in [3.63, 3.8) is 0 Å². The van der Waals surface area contributed by atoms with Crippen molar-refractivity contribution in [1.82, 2.24) is 14.5 Å². The molecule has 5 aromatic heterocycles. The van der Waals surface area contributed by atoms with Gasteiger partial charge in [0.1, 0.15) is 11.2 Å². The van der Waals surface area contributed by atoms with E-state index in [0.29, 0.717) is 0 Å². The molecule has 0 aliphatic carbocycles. The van der Waals surface area contributed by atoms with E-state index in [1.165, 1.54) is 89.6 Å². The topological polar surface area (TPSA) is 47.1 Å². The average Bonchev–Trinajstić information content (AvgIpc) is 4.52. The average molecular weight is 1050 g/mol. The maximum atomic E-state index is 6.20. The molecule has 366 valence electrons. The third kappa shape index (κ3) is 7.11. The summed E-state index contributed by atoms with van der Waals surface area (Å²) in [5.74, 6) is 0. The van der Waals surface area contributed by atoms with Crippen LogP contribution in [0.1, 0.15) is 0 Å². The van der Waals surface area contributed by atoms with E-state index in [1.54, 1.807) is 22.7 Å². The number of furan rings is 1. The number of aromatic nitrogens is 3. The Hall–Kier alpha value is -9.44. The molecule has 17 aromatic rings. The predicted molar refractivity (Wildman–Crippen MR) is 334 cm³/mol. The number of hydrogen-bond donors (Lipinski definition) is 0. The van der Waals surface area contributed by atoms with E-state index in [2.05, 4.69) is 240 Å². The third-order valence-corrected chi connectivity index (χ3v) is 18.2. The summed E-state index contributed by atoms with van der Waals surface area (Å²) in [5, 5.41) is 12.4. The molecule has 0 spiro atoms. The Morgan fingerprint density at radius 1 is 0.385 bits per heavy atom. The molecule has 12 aromatic carbocycles. The Balaban J connectivity index is 0.000000136. The lowest BCUT2D eigenvalue weighted by molar-refractivity contribution is 0.669. The molecule has 0 radical (unpaired) electrons. The summed E-state index contributed by atoms with van der Waals surface area (Å²) in [5.41, 5.74) is 19.6. The largest absolute Gasteiger partial charge is 0.456 e. The summed E-state index contributed by atoms with van der Waals surface area (Å²) in [7, 11) is 0. The predicted octanol–water partition coefficient (Wildman–Crippen LogP) is 21.1. The summed E-state index contributed by atoms with van der Waals surface area (Å²) >= 11 is 5.31. The van der Waals surface area contributed by atoms with Gasteiger partial charge in [-0.25, -0.2) is 9.97 Å².